The first kappa shape index (κ1) is 19.6. The van der Waals surface area contributed by atoms with E-state index < -0.39 is 30.0 Å². The molecule has 2 aromatic carbocycles. The van der Waals surface area contributed by atoms with Crippen molar-refractivity contribution >= 4 is 17.8 Å². The van der Waals surface area contributed by atoms with Crippen molar-refractivity contribution in [3.05, 3.63) is 71.8 Å². The summed E-state index contributed by atoms with van der Waals surface area (Å²) in [5, 5.41) is 14.7. The number of likely N-dealkylation sites (N-methyl/N-ethyl adjacent to an activating group) is 1. The summed E-state index contributed by atoms with van der Waals surface area (Å²) >= 11 is 0. The largest absolute Gasteiger partial charge is 0.480 e. The number of aliphatic carboxylic acids is 1. The molecule has 1 fully saturated rings. The minimum absolute atomic E-state index is 0.309. The Bertz CT molecular complexity index is 841. The van der Waals surface area contributed by atoms with Crippen LogP contribution in [0.25, 0.3) is 0 Å². The van der Waals surface area contributed by atoms with Crippen LogP contribution >= 0.6 is 0 Å². The van der Waals surface area contributed by atoms with Gasteiger partial charge in [0.05, 0.1) is 0 Å². The van der Waals surface area contributed by atoms with Gasteiger partial charge in [0.2, 0.25) is 11.8 Å². The fourth-order valence-electron chi connectivity index (χ4n) is 3.20. The van der Waals surface area contributed by atoms with E-state index in [1.54, 1.807) is 7.05 Å². The van der Waals surface area contributed by atoms with E-state index in [4.69, 9.17) is 5.11 Å². The van der Waals surface area contributed by atoms with Crippen molar-refractivity contribution in [2.24, 2.45) is 0 Å². The predicted octanol–water partition coefficient (Wildman–Crippen LogP) is 0.798. The van der Waals surface area contributed by atoms with Gasteiger partial charge in [0.1, 0.15) is 18.1 Å². The molecule has 1 aliphatic rings. The number of hydrogen-bond acceptors (Lipinski definition) is 4. The first-order valence-electron chi connectivity index (χ1n) is 9.08. The van der Waals surface area contributed by atoms with Crippen LogP contribution in [0.5, 0.6) is 0 Å². The zero-order valence-corrected chi connectivity index (χ0v) is 15.5. The Hall–Kier alpha value is -3.19. The number of amides is 2. The molecule has 7 nitrogen and oxygen atoms in total. The second-order valence-corrected chi connectivity index (χ2v) is 6.85. The summed E-state index contributed by atoms with van der Waals surface area (Å²) in [6.07, 6.45) is 0.321. The van der Waals surface area contributed by atoms with Crippen LogP contribution in [0.4, 0.5) is 0 Å². The molecule has 4 atom stereocenters. The molecule has 146 valence electrons. The van der Waals surface area contributed by atoms with Crippen LogP contribution in [-0.4, -0.2) is 53.0 Å². The van der Waals surface area contributed by atoms with E-state index in [-0.39, 0.29) is 5.91 Å². The van der Waals surface area contributed by atoms with Crippen molar-refractivity contribution in [2.45, 2.75) is 31.1 Å². The van der Waals surface area contributed by atoms with Gasteiger partial charge in [0.15, 0.2) is 0 Å². The molecule has 0 spiro atoms. The maximum atomic E-state index is 12.7. The lowest BCUT2D eigenvalue weighted by Crippen LogP contribution is -2.49. The molecule has 7 heteroatoms. The van der Waals surface area contributed by atoms with E-state index in [9.17, 15) is 14.4 Å². The fraction of sp³-hybridized carbons (Fsp3) is 0.286. The number of nitrogens with zero attached hydrogens (tertiary/aromatic N) is 1. The van der Waals surface area contributed by atoms with Crippen molar-refractivity contribution in [1.29, 1.82) is 0 Å². The highest BCUT2D eigenvalue weighted by Crippen LogP contribution is 2.26. The summed E-state index contributed by atoms with van der Waals surface area (Å²) in [4.78, 5) is 37.9. The molecular formula is C21H23N3O4. The first-order valence-corrected chi connectivity index (χ1v) is 9.08. The van der Waals surface area contributed by atoms with E-state index in [1.807, 2.05) is 60.7 Å². The van der Waals surface area contributed by atoms with Gasteiger partial charge in [-0.3, -0.25) is 19.3 Å². The molecule has 1 heterocycles. The number of hydrogen-bond donors (Lipinski definition) is 3. The van der Waals surface area contributed by atoms with Crippen molar-refractivity contribution in [3.8, 4) is 0 Å². The quantitative estimate of drug-likeness (QED) is 0.588. The lowest BCUT2D eigenvalue weighted by molar-refractivity contribution is -0.137. The van der Waals surface area contributed by atoms with Gasteiger partial charge in [0, 0.05) is 13.0 Å². The number of carbonyl (C=O) groups excluding carboxylic acids is 2. The molecule has 1 aliphatic heterocycles. The van der Waals surface area contributed by atoms with Crippen molar-refractivity contribution in [2.75, 3.05) is 7.05 Å². The molecule has 0 aromatic heterocycles. The van der Waals surface area contributed by atoms with Gasteiger partial charge >= 0.3 is 5.97 Å². The molecule has 3 N–H and O–H groups in total. The van der Waals surface area contributed by atoms with Gasteiger partial charge in [-0.25, -0.2) is 0 Å². The number of rotatable bonds is 8. The molecule has 2 amide bonds. The van der Waals surface area contributed by atoms with Gasteiger partial charge in [0.25, 0.3) is 0 Å². The maximum Gasteiger partial charge on any atom is 0.323 e. The minimum atomic E-state index is -1.05. The van der Waals surface area contributed by atoms with E-state index in [2.05, 4.69) is 10.6 Å². The van der Waals surface area contributed by atoms with Crippen LogP contribution in [0.2, 0.25) is 0 Å². The standard InChI is InChI=1S/C21H23N3O4/c1-24-17(18(24)21(27)28)20(26)23-16(12-14-8-4-2-5-9-14)19(25)22-13-15-10-6-3-7-11-15/h2-11,16-18H,12-13H2,1H3,(H,22,25)(H,23,26)(H,27,28)/t16-,17-,18-,24?/m0/s1. The van der Waals surface area contributed by atoms with Crippen molar-refractivity contribution in [1.82, 2.24) is 15.5 Å². The molecule has 1 unspecified atom stereocenters. The molecule has 28 heavy (non-hydrogen) atoms. The average Bonchev–Trinajstić information content (AvgIpc) is 3.38. The summed E-state index contributed by atoms with van der Waals surface area (Å²) in [6.45, 7) is 0.349. The molecule has 1 saturated heterocycles. The zero-order valence-electron chi connectivity index (χ0n) is 15.5. The van der Waals surface area contributed by atoms with Crippen LogP contribution in [0.1, 0.15) is 11.1 Å². The topological polar surface area (TPSA) is 98.5 Å². The van der Waals surface area contributed by atoms with Crippen LogP contribution < -0.4 is 10.6 Å². The molecule has 2 aromatic rings. The van der Waals surface area contributed by atoms with E-state index in [1.165, 1.54) is 4.90 Å². The molecule has 0 bridgehead atoms. The van der Waals surface area contributed by atoms with E-state index in [0.717, 1.165) is 11.1 Å². The highest BCUT2D eigenvalue weighted by Gasteiger charge is 2.55. The van der Waals surface area contributed by atoms with Crippen LogP contribution in [0.15, 0.2) is 60.7 Å². The normalized spacial score (nSPS) is 21.4. The Morgan fingerprint density at radius 3 is 2.07 bits per heavy atom. The third kappa shape index (κ3) is 4.75. The maximum absolute atomic E-state index is 12.7. The number of carbonyl (C=O) groups is 3. The Kier molecular flexibility index (Phi) is 6.06. The van der Waals surface area contributed by atoms with Crippen molar-refractivity contribution < 1.29 is 19.5 Å². The van der Waals surface area contributed by atoms with Crippen molar-refractivity contribution in [3.63, 3.8) is 0 Å². The summed E-state index contributed by atoms with van der Waals surface area (Å²) in [7, 11) is 1.57. The number of carboxylic acid groups (broad SMARTS) is 1. The lowest BCUT2D eigenvalue weighted by Gasteiger charge is -2.19. The number of carboxylic acids is 1. The zero-order chi connectivity index (χ0) is 20.1. The summed E-state index contributed by atoms with van der Waals surface area (Å²) in [5.74, 6) is -1.81. The lowest BCUT2D eigenvalue weighted by atomic mass is 10.0. The Labute approximate surface area is 163 Å². The average molecular weight is 381 g/mol. The smallest absolute Gasteiger partial charge is 0.323 e. The molecular weight excluding hydrogens is 358 g/mol. The van der Waals surface area contributed by atoms with Gasteiger partial charge in [-0.15, -0.1) is 0 Å². The van der Waals surface area contributed by atoms with Crippen LogP contribution in [-0.2, 0) is 27.3 Å². The van der Waals surface area contributed by atoms with Gasteiger partial charge in [-0.05, 0) is 18.2 Å². The monoisotopic (exact) mass is 381 g/mol. The fourth-order valence-corrected chi connectivity index (χ4v) is 3.20. The Morgan fingerprint density at radius 1 is 0.964 bits per heavy atom. The Morgan fingerprint density at radius 2 is 1.54 bits per heavy atom. The second kappa shape index (κ2) is 8.67. The molecule has 0 aliphatic carbocycles. The highest BCUT2D eigenvalue weighted by molar-refractivity contribution is 5.97. The van der Waals surface area contributed by atoms with Gasteiger partial charge < -0.3 is 15.7 Å². The summed E-state index contributed by atoms with van der Waals surface area (Å²) < 4.78 is 0. The predicted molar refractivity (Wildman–Crippen MR) is 103 cm³/mol. The second-order valence-electron chi connectivity index (χ2n) is 6.85. The van der Waals surface area contributed by atoms with Crippen LogP contribution in [0, 0.1) is 0 Å². The molecule has 0 saturated carbocycles. The third-order valence-electron chi connectivity index (χ3n) is 4.83. The number of nitrogens with one attached hydrogen (secondary N) is 2. The van der Waals surface area contributed by atoms with E-state index >= 15 is 0 Å². The summed E-state index contributed by atoms with van der Waals surface area (Å²) in [6, 6.07) is 16.5. The Balaban J connectivity index is 1.67. The molecule has 0 radical (unpaired) electrons. The highest BCUT2D eigenvalue weighted by atomic mass is 16.4. The van der Waals surface area contributed by atoms with Crippen LogP contribution in [0.3, 0.4) is 0 Å². The SMILES string of the molecule is CN1[C@H](C(=O)O)[C@H]1C(=O)N[C@@H](Cc1ccccc1)C(=O)NCc1ccccc1. The molecule has 3 rings (SSSR count). The first-order chi connectivity index (χ1) is 13.5. The van der Waals surface area contributed by atoms with Gasteiger partial charge in [-0.1, -0.05) is 60.7 Å². The minimum Gasteiger partial charge on any atom is -0.480 e. The van der Waals surface area contributed by atoms with Gasteiger partial charge in [-0.2, -0.15) is 0 Å². The summed E-state index contributed by atoms with van der Waals surface area (Å²) in [5.41, 5.74) is 1.86. The third-order valence-corrected chi connectivity index (χ3v) is 4.83. The van der Waals surface area contributed by atoms with E-state index in [0.29, 0.717) is 13.0 Å². The number of benzene rings is 2.